The molecule has 0 aliphatic carbocycles. The Labute approximate surface area is 144 Å². The maximum atomic E-state index is 12.0. The Morgan fingerprint density at radius 2 is 1.91 bits per heavy atom. The predicted molar refractivity (Wildman–Crippen MR) is 94.8 cm³/mol. The van der Waals surface area contributed by atoms with E-state index in [1.54, 1.807) is 5.48 Å². The van der Waals surface area contributed by atoms with Crippen LogP contribution in [0.15, 0.2) is 35.2 Å². The minimum absolute atomic E-state index is 0.0556. The Morgan fingerprint density at radius 1 is 1.22 bits per heavy atom. The summed E-state index contributed by atoms with van der Waals surface area (Å²) in [7, 11) is 0. The lowest BCUT2D eigenvalue weighted by molar-refractivity contribution is -0.129. The van der Waals surface area contributed by atoms with E-state index in [1.807, 2.05) is 30.3 Å². The van der Waals surface area contributed by atoms with Crippen molar-refractivity contribution in [3.63, 3.8) is 0 Å². The zero-order valence-corrected chi connectivity index (χ0v) is 15.0. The van der Waals surface area contributed by atoms with Crippen LogP contribution in [0.4, 0.5) is 0 Å². The van der Waals surface area contributed by atoms with Crippen LogP contribution < -0.4 is 5.48 Å². The van der Waals surface area contributed by atoms with Crippen LogP contribution in [0, 0.1) is 0 Å². The quantitative estimate of drug-likeness (QED) is 0.256. The molecule has 0 saturated carbocycles. The van der Waals surface area contributed by atoms with E-state index in [9.17, 15) is 4.79 Å². The van der Waals surface area contributed by atoms with Crippen LogP contribution in [0.2, 0.25) is 0 Å². The van der Waals surface area contributed by atoms with Crippen molar-refractivity contribution in [1.82, 2.24) is 5.48 Å². The number of hydrogen-bond donors (Lipinski definition) is 2. The maximum absolute atomic E-state index is 12.0. The number of carbonyl (C=O) groups is 1. The molecule has 2 atom stereocenters. The Kier molecular flexibility index (Phi) is 10.8. The highest BCUT2D eigenvalue weighted by Crippen LogP contribution is 2.28. The molecule has 0 aromatic heterocycles. The van der Waals surface area contributed by atoms with Crippen LogP contribution in [-0.2, 0) is 9.53 Å². The van der Waals surface area contributed by atoms with Gasteiger partial charge in [0.1, 0.15) is 0 Å². The first-order valence-electron chi connectivity index (χ1n) is 8.48. The lowest BCUT2D eigenvalue weighted by Crippen LogP contribution is -2.33. The minimum atomic E-state index is -0.362. The van der Waals surface area contributed by atoms with Gasteiger partial charge in [-0.05, 0) is 31.4 Å². The van der Waals surface area contributed by atoms with Gasteiger partial charge in [0, 0.05) is 11.5 Å². The van der Waals surface area contributed by atoms with Crippen LogP contribution in [0.1, 0.15) is 52.4 Å². The smallest absolute Gasteiger partial charge is 0.256 e. The number of benzene rings is 1. The molecule has 1 aromatic rings. The highest BCUT2D eigenvalue weighted by Gasteiger charge is 2.24. The molecular formula is C18H29NO3S. The normalized spacial score (nSPS) is 13.5. The van der Waals surface area contributed by atoms with Crippen molar-refractivity contribution in [3.8, 4) is 0 Å². The number of carbonyl (C=O) groups excluding carboxylic acids is 1. The molecule has 0 heterocycles. The number of hydrogen-bond acceptors (Lipinski definition) is 4. The van der Waals surface area contributed by atoms with Gasteiger partial charge in [-0.1, -0.05) is 51.3 Å². The van der Waals surface area contributed by atoms with Crippen molar-refractivity contribution in [2.75, 3.05) is 6.61 Å². The number of nitrogens with one attached hydrogen (secondary N) is 1. The molecule has 1 aromatic carbocycles. The van der Waals surface area contributed by atoms with Crippen LogP contribution >= 0.6 is 11.8 Å². The summed E-state index contributed by atoms with van der Waals surface area (Å²) in [6.45, 7) is 5.02. The molecule has 0 fully saturated rings. The highest BCUT2D eigenvalue weighted by molar-refractivity contribution is 8.00. The Morgan fingerprint density at radius 3 is 2.52 bits per heavy atom. The molecule has 0 radical (unpaired) electrons. The molecule has 0 bridgehead atoms. The molecule has 0 spiro atoms. The van der Waals surface area contributed by atoms with Gasteiger partial charge in [-0.25, -0.2) is 5.48 Å². The fourth-order valence-electron chi connectivity index (χ4n) is 2.28. The standard InChI is InChI=1S/C18H29NO3S/c1-3-5-10-15(22-13-6-4-2)14-17(18(20)19-21)23-16-11-8-7-9-12-16/h7-9,11-12,15,17,21H,3-6,10,13-14H2,1-2H3,(H,19,20). The van der Waals surface area contributed by atoms with Gasteiger partial charge < -0.3 is 4.74 Å². The molecule has 2 unspecified atom stereocenters. The number of hydroxylamine groups is 1. The van der Waals surface area contributed by atoms with E-state index in [4.69, 9.17) is 9.94 Å². The van der Waals surface area contributed by atoms with Gasteiger partial charge in [-0.3, -0.25) is 10.0 Å². The van der Waals surface area contributed by atoms with Crippen LogP contribution in [0.25, 0.3) is 0 Å². The molecule has 5 heteroatoms. The fourth-order valence-corrected chi connectivity index (χ4v) is 3.39. The maximum Gasteiger partial charge on any atom is 0.256 e. The second-order valence-corrected chi connectivity index (χ2v) is 6.90. The van der Waals surface area contributed by atoms with E-state index in [-0.39, 0.29) is 17.3 Å². The summed E-state index contributed by atoms with van der Waals surface area (Å²) >= 11 is 1.47. The van der Waals surface area contributed by atoms with Crippen LogP contribution in [-0.4, -0.2) is 29.1 Å². The van der Waals surface area contributed by atoms with E-state index in [0.717, 1.165) is 43.6 Å². The third-order valence-corrected chi connectivity index (χ3v) is 4.87. The van der Waals surface area contributed by atoms with E-state index in [1.165, 1.54) is 11.8 Å². The number of unbranched alkanes of at least 4 members (excludes halogenated alkanes) is 2. The van der Waals surface area contributed by atoms with E-state index in [2.05, 4.69) is 13.8 Å². The Hall–Kier alpha value is -1.04. The number of amides is 1. The molecule has 2 N–H and O–H groups in total. The SMILES string of the molecule is CCCCOC(CCCC)CC(Sc1ccccc1)C(=O)NO. The third-order valence-electron chi connectivity index (χ3n) is 3.63. The van der Waals surface area contributed by atoms with Crippen LogP contribution in [0.5, 0.6) is 0 Å². The Bertz CT molecular complexity index is 428. The van der Waals surface area contributed by atoms with Crippen molar-refractivity contribution in [2.24, 2.45) is 0 Å². The summed E-state index contributed by atoms with van der Waals surface area (Å²) in [6.07, 6.45) is 5.93. The summed E-state index contributed by atoms with van der Waals surface area (Å²) < 4.78 is 5.97. The monoisotopic (exact) mass is 339 g/mol. The van der Waals surface area contributed by atoms with Gasteiger partial charge in [0.2, 0.25) is 0 Å². The van der Waals surface area contributed by atoms with Crippen molar-refractivity contribution in [3.05, 3.63) is 30.3 Å². The summed E-state index contributed by atoms with van der Waals surface area (Å²) in [5.74, 6) is -0.362. The molecule has 0 aliphatic rings. The lowest BCUT2D eigenvalue weighted by Gasteiger charge is -2.22. The van der Waals surface area contributed by atoms with Crippen molar-refractivity contribution < 1.29 is 14.7 Å². The molecule has 1 amide bonds. The molecule has 0 saturated heterocycles. The van der Waals surface area contributed by atoms with Gasteiger partial charge in [0.05, 0.1) is 11.4 Å². The second kappa shape index (κ2) is 12.4. The molecule has 23 heavy (non-hydrogen) atoms. The number of ether oxygens (including phenoxy) is 1. The summed E-state index contributed by atoms with van der Waals surface area (Å²) in [4.78, 5) is 13.0. The van der Waals surface area contributed by atoms with Gasteiger partial charge >= 0.3 is 0 Å². The van der Waals surface area contributed by atoms with E-state index in [0.29, 0.717) is 6.42 Å². The summed E-state index contributed by atoms with van der Waals surface area (Å²) in [5, 5.41) is 8.68. The van der Waals surface area contributed by atoms with Gasteiger partial charge in [-0.2, -0.15) is 0 Å². The molecule has 0 aliphatic heterocycles. The van der Waals surface area contributed by atoms with E-state index >= 15 is 0 Å². The first-order valence-corrected chi connectivity index (χ1v) is 9.36. The molecule has 130 valence electrons. The van der Waals surface area contributed by atoms with Crippen molar-refractivity contribution in [2.45, 2.75) is 68.6 Å². The average molecular weight is 340 g/mol. The first kappa shape index (κ1) is 20.0. The number of rotatable bonds is 12. The number of thioether (sulfide) groups is 1. The molecule has 4 nitrogen and oxygen atoms in total. The largest absolute Gasteiger partial charge is 0.378 e. The van der Waals surface area contributed by atoms with E-state index < -0.39 is 0 Å². The first-order chi connectivity index (χ1) is 11.2. The molecule has 1 rings (SSSR count). The highest BCUT2D eigenvalue weighted by atomic mass is 32.2. The zero-order valence-electron chi connectivity index (χ0n) is 14.2. The topological polar surface area (TPSA) is 58.6 Å². The minimum Gasteiger partial charge on any atom is -0.378 e. The fraction of sp³-hybridized carbons (Fsp3) is 0.611. The lowest BCUT2D eigenvalue weighted by atomic mass is 10.1. The molecular weight excluding hydrogens is 310 g/mol. The zero-order chi connectivity index (χ0) is 16.9. The second-order valence-electron chi connectivity index (χ2n) is 5.62. The summed E-state index contributed by atoms with van der Waals surface area (Å²) in [6, 6.07) is 9.79. The van der Waals surface area contributed by atoms with Crippen molar-refractivity contribution >= 4 is 17.7 Å². The third kappa shape index (κ3) is 8.39. The van der Waals surface area contributed by atoms with Crippen molar-refractivity contribution in [1.29, 1.82) is 0 Å². The van der Waals surface area contributed by atoms with Gasteiger partial charge in [-0.15, -0.1) is 11.8 Å². The van der Waals surface area contributed by atoms with Gasteiger partial charge in [0.15, 0.2) is 0 Å². The average Bonchev–Trinajstić information content (AvgIpc) is 2.59. The Balaban J connectivity index is 2.67. The van der Waals surface area contributed by atoms with Gasteiger partial charge in [0.25, 0.3) is 5.91 Å². The van der Waals surface area contributed by atoms with Crippen LogP contribution in [0.3, 0.4) is 0 Å². The predicted octanol–water partition coefficient (Wildman–Crippen LogP) is 4.42. The summed E-state index contributed by atoms with van der Waals surface area (Å²) in [5.41, 5.74) is 1.80.